The lowest BCUT2D eigenvalue weighted by Crippen LogP contribution is -2.04. The highest BCUT2D eigenvalue weighted by Gasteiger charge is 2.13. The van der Waals surface area contributed by atoms with Gasteiger partial charge in [0.2, 0.25) is 0 Å². The predicted molar refractivity (Wildman–Crippen MR) is 117 cm³/mol. The van der Waals surface area contributed by atoms with Crippen molar-refractivity contribution in [3.63, 3.8) is 0 Å². The summed E-state index contributed by atoms with van der Waals surface area (Å²) in [6.07, 6.45) is 1.61. The summed E-state index contributed by atoms with van der Waals surface area (Å²) in [5, 5.41) is 4.37. The van der Waals surface area contributed by atoms with Crippen molar-refractivity contribution in [2.24, 2.45) is 0 Å². The van der Waals surface area contributed by atoms with Crippen molar-refractivity contribution in [3.8, 4) is 0 Å². The van der Waals surface area contributed by atoms with Gasteiger partial charge in [0, 0.05) is 17.0 Å². The SMILES string of the molecule is CCc1cc2c(Nc3cccc(C(=O)OC)c3)nc(Cc3ccccc3)nc2s1. The van der Waals surface area contributed by atoms with E-state index in [1.807, 2.05) is 30.3 Å². The first kappa shape index (κ1) is 19.1. The highest BCUT2D eigenvalue weighted by atomic mass is 32.1. The minimum absolute atomic E-state index is 0.366. The van der Waals surface area contributed by atoms with Crippen molar-refractivity contribution in [1.29, 1.82) is 0 Å². The maximum atomic E-state index is 11.9. The number of carbonyl (C=O) groups excluding carboxylic acids is 1. The average Bonchev–Trinajstić information content (AvgIpc) is 3.18. The number of rotatable bonds is 6. The van der Waals surface area contributed by atoms with Gasteiger partial charge in [-0.05, 0) is 36.2 Å². The van der Waals surface area contributed by atoms with E-state index in [1.165, 1.54) is 12.0 Å². The van der Waals surface area contributed by atoms with Gasteiger partial charge in [-0.1, -0.05) is 43.3 Å². The van der Waals surface area contributed by atoms with Crippen molar-refractivity contribution >= 4 is 39.0 Å². The Morgan fingerprint density at radius 2 is 1.90 bits per heavy atom. The van der Waals surface area contributed by atoms with Crippen LogP contribution in [0.5, 0.6) is 0 Å². The number of esters is 1. The molecule has 0 bridgehead atoms. The van der Waals surface area contributed by atoms with E-state index in [4.69, 9.17) is 14.7 Å². The highest BCUT2D eigenvalue weighted by Crippen LogP contribution is 2.31. The second-order valence-electron chi connectivity index (χ2n) is 6.63. The zero-order valence-electron chi connectivity index (χ0n) is 16.3. The number of hydrogen-bond acceptors (Lipinski definition) is 6. The van der Waals surface area contributed by atoms with Crippen LogP contribution in [0.3, 0.4) is 0 Å². The summed E-state index contributed by atoms with van der Waals surface area (Å²) >= 11 is 1.69. The summed E-state index contributed by atoms with van der Waals surface area (Å²) < 4.78 is 4.82. The number of anilines is 2. The van der Waals surface area contributed by atoms with Crippen molar-refractivity contribution in [2.45, 2.75) is 19.8 Å². The van der Waals surface area contributed by atoms with Crippen LogP contribution in [0.1, 0.15) is 33.5 Å². The molecule has 5 nitrogen and oxygen atoms in total. The van der Waals surface area contributed by atoms with Crippen LogP contribution in [0.2, 0.25) is 0 Å². The van der Waals surface area contributed by atoms with Crippen molar-refractivity contribution in [2.75, 3.05) is 12.4 Å². The number of benzene rings is 2. The standard InChI is InChI=1S/C23H21N3O2S/c1-3-18-14-19-21(24-17-11-7-10-16(13-17)23(27)28-2)25-20(26-22(19)29-18)12-15-8-5-4-6-9-15/h4-11,13-14H,3,12H2,1-2H3,(H,24,25,26). The number of ether oxygens (including phenoxy) is 1. The number of thiophene rings is 1. The second kappa shape index (κ2) is 8.41. The summed E-state index contributed by atoms with van der Waals surface area (Å²) in [7, 11) is 1.38. The molecule has 0 aliphatic carbocycles. The Labute approximate surface area is 173 Å². The van der Waals surface area contributed by atoms with Crippen molar-refractivity contribution < 1.29 is 9.53 Å². The normalized spacial score (nSPS) is 10.8. The molecule has 4 rings (SSSR count). The molecule has 0 saturated heterocycles. The van der Waals surface area contributed by atoms with Gasteiger partial charge >= 0.3 is 5.97 Å². The molecule has 0 unspecified atom stereocenters. The molecule has 2 aromatic heterocycles. The molecule has 6 heteroatoms. The van der Waals surface area contributed by atoms with Crippen LogP contribution in [0.4, 0.5) is 11.5 Å². The van der Waals surface area contributed by atoms with E-state index in [1.54, 1.807) is 23.5 Å². The van der Waals surface area contributed by atoms with Crippen LogP contribution in [0.25, 0.3) is 10.2 Å². The molecule has 0 aliphatic rings. The van der Waals surface area contributed by atoms with Gasteiger partial charge in [0.25, 0.3) is 0 Å². The molecule has 2 aromatic carbocycles. The zero-order valence-corrected chi connectivity index (χ0v) is 17.1. The Hall–Kier alpha value is -3.25. The van der Waals surface area contributed by atoms with Gasteiger partial charge in [0.15, 0.2) is 0 Å². The molecular weight excluding hydrogens is 382 g/mol. The molecule has 0 aliphatic heterocycles. The highest BCUT2D eigenvalue weighted by molar-refractivity contribution is 7.18. The molecular formula is C23H21N3O2S. The molecule has 1 N–H and O–H groups in total. The van der Waals surface area contributed by atoms with Gasteiger partial charge in [-0.15, -0.1) is 11.3 Å². The van der Waals surface area contributed by atoms with Crippen LogP contribution in [-0.4, -0.2) is 23.0 Å². The number of aromatic nitrogens is 2. The summed E-state index contributed by atoms with van der Waals surface area (Å²) in [5.41, 5.74) is 2.44. The van der Waals surface area contributed by atoms with Gasteiger partial charge in [0.1, 0.15) is 16.5 Å². The van der Waals surface area contributed by atoms with Crippen molar-refractivity contribution in [3.05, 3.63) is 82.5 Å². The lowest BCUT2D eigenvalue weighted by atomic mass is 10.1. The summed E-state index contributed by atoms with van der Waals surface area (Å²) in [6.45, 7) is 2.13. The number of aryl methyl sites for hydroxylation is 1. The topological polar surface area (TPSA) is 64.1 Å². The van der Waals surface area contributed by atoms with Crippen LogP contribution in [0, 0.1) is 0 Å². The molecule has 0 saturated carbocycles. The van der Waals surface area contributed by atoms with E-state index in [9.17, 15) is 4.79 Å². The molecule has 0 fully saturated rings. The van der Waals surface area contributed by atoms with E-state index in [0.29, 0.717) is 12.0 Å². The second-order valence-corrected chi connectivity index (χ2v) is 7.75. The lowest BCUT2D eigenvalue weighted by molar-refractivity contribution is 0.0601. The first-order valence-electron chi connectivity index (χ1n) is 9.45. The van der Waals surface area contributed by atoms with E-state index in [0.717, 1.165) is 39.5 Å². The number of hydrogen-bond donors (Lipinski definition) is 1. The third-order valence-electron chi connectivity index (χ3n) is 4.59. The van der Waals surface area contributed by atoms with Crippen LogP contribution >= 0.6 is 11.3 Å². The fraction of sp³-hybridized carbons (Fsp3) is 0.174. The Kier molecular flexibility index (Phi) is 5.53. The van der Waals surface area contributed by atoms with Gasteiger partial charge in [0.05, 0.1) is 18.1 Å². The quantitative estimate of drug-likeness (QED) is 0.438. The van der Waals surface area contributed by atoms with Crippen LogP contribution in [0.15, 0.2) is 60.7 Å². The fourth-order valence-electron chi connectivity index (χ4n) is 3.12. The largest absolute Gasteiger partial charge is 0.465 e. The molecule has 2 heterocycles. The van der Waals surface area contributed by atoms with Crippen LogP contribution < -0.4 is 5.32 Å². The minimum Gasteiger partial charge on any atom is -0.465 e. The molecule has 0 radical (unpaired) electrons. The number of methoxy groups -OCH3 is 1. The fourth-order valence-corrected chi connectivity index (χ4v) is 4.11. The number of nitrogens with one attached hydrogen (secondary N) is 1. The molecule has 29 heavy (non-hydrogen) atoms. The van der Waals surface area contributed by atoms with Crippen LogP contribution in [-0.2, 0) is 17.6 Å². The minimum atomic E-state index is -0.366. The van der Waals surface area contributed by atoms with E-state index < -0.39 is 0 Å². The first-order valence-corrected chi connectivity index (χ1v) is 10.3. The van der Waals surface area contributed by atoms with Crippen molar-refractivity contribution in [1.82, 2.24) is 9.97 Å². The summed E-state index contributed by atoms with van der Waals surface area (Å²) in [6, 6.07) is 19.6. The molecule has 0 amide bonds. The smallest absolute Gasteiger partial charge is 0.337 e. The maximum absolute atomic E-state index is 11.9. The number of fused-ring (bicyclic) bond motifs is 1. The summed E-state index contributed by atoms with van der Waals surface area (Å²) in [4.78, 5) is 23.7. The first-order chi connectivity index (χ1) is 14.2. The predicted octanol–water partition coefficient (Wildman–Crippen LogP) is 5.37. The van der Waals surface area contributed by atoms with E-state index >= 15 is 0 Å². The Bertz CT molecular complexity index is 1160. The molecule has 4 aromatic rings. The monoisotopic (exact) mass is 403 g/mol. The number of carbonyl (C=O) groups is 1. The molecule has 0 spiro atoms. The van der Waals surface area contributed by atoms with Gasteiger partial charge in [-0.3, -0.25) is 0 Å². The average molecular weight is 404 g/mol. The van der Waals surface area contributed by atoms with Gasteiger partial charge < -0.3 is 10.1 Å². The Morgan fingerprint density at radius 3 is 2.66 bits per heavy atom. The molecule has 0 atom stereocenters. The lowest BCUT2D eigenvalue weighted by Gasteiger charge is -2.10. The van der Waals surface area contributed by atoms with E-state index in [2.05, 4.69) is 30.4 Å². The van der Waals surface area contributed by atoms with Gasteiger partial charge in [-0.2, -0.15) is 0 Å². The third kappa shape index (κ3) is 4.27. The summed E-state index contributed by atoms with van der Waals surface area (Å²) in [5.74, 6) is 1.15. The van der Waals surface area contributed by atoms with E-state index in [-0.39, 0.29) is 5.97 Å². The zero-order chi connectivity index (χ0) is 20.2. The Balaban J connectivity index is 1.73. The van der Waals surface area contributed by atoms with Gasteiger partial charge in [-0.25, -0.2) is 14.8 Å². The Morgan fingerprint density at radius 1 is 1.07 bits per heavy atom. The molecule has 146 valence electrons. The third-order valence-corrected chi connectivity index (χ3v) is 5.76. The number of nitrogens with zero attached hydrogens (tertiary/aromatic N) is 2. The maximum Gasteiger partial charge on any atom is 0.337 e.